The zero-order chi connectivity index (χ0) is 22.7. The van der Waals surface area contributed by atoms with Crippen molar-refractivity contribution in [2.75, 3.05) is 27.3 Å². The summed E-state index contributed by atoms with van der Waals surface area (Å²) in [7, 11) is 3.22. The van der Waals surface area contributed by atoms with Crippen LogP contribution in [-0.2, 0) is 11.2 Å². The van der Waals surface area contributed by atoms with E-state index in [4.69, 9.17) is 13.9 Å². The molecule has 2 heterocycles. The summed E-state index contributed by atoms with van der Waals surface area (Å²) in [6, 6.07) is 13.1. The first kappa shape index (κ1) is 21.7. The van der Waals surface area contributed by atoms with Crippen LogP contribution in [0, 0.1) is 6.92 Å². The Balaban J connectivity index is 1.35. The van der Waals surface area contributed by atoms with E-state index in [1.54, 1.807) is 14.2 Å². The van der Waals surface area contributed by atoms with Crippen LogP contribution < -0.4 is 14.8 Å². The van der Waals surface area contributed by atoms with Crippen LogP contribution >= 0.6 is 0 Å². The van der Waals surface area contributed by atoms with Crippen molar-refractivity contribution in [3.8, 4) is 11.5 Å². The average molecular weight is 437 g/mol. The number of carbonyl (C=O) groups excluding carboxylic acids is 2. The third kappa shape index (κ3) is 4.42. The first-order valence-electron chi connectivity index (χ1n) is 10.8. The number of hydrogen-bond acceptors (Lipinski definition) is 5. The van der Waals surface area contributed by atoms with Crippen LogP contribution in [0.25, 0.3) is 11.0 Å². The zero-order valence-corrected chi connectivity index (χ0v) is 18.6. The minimum absolute atomic E-state index is 0.0000373. The summed E-state index contributed by atoms with van der Waals surface area (Å²) >= 11 is 0. The Bertz CT molecular complexity index is 1130. The van der Waals surface area contributed by atoms with Gasteiger partial charge in [0.05, 0.1) is 20.6 Å². The summed E-state index contributed by atoms with van der Waals surface area (Å²) in [4.78, 5) is 27.4. The number of nitrogens with zero attached hydrogens (tertiary/aromatic N) is 1. The number of piperidine rings is 1. The van der Waals surface area contributed by atoms with Crippen LogP contribution in [0.3, 0.4) is 0 Å². The molecule has 7 heteroatoms. The minimum atomic E-state index is -0.225. The van der Waals surface area contributed by atoms with Gasteiger partial charge in [-0.2, -0.15) is 0 Å². The van der Waals surface area contributed by atoms with Crippen LogP contribution in [0.2, 0.25) is 0 Å². The van der Waals surface area contributed by atoms with Gasteiger partial charge in [0.1, 0.15) is 17.1 Å². The van der Waals surface area contributed by atoms with Gasteiger partial charge in [-0.25, -0.2) is 0 Å². The summed E-state index contributed by atoms with van der Waals surface area (Å²) < 4.78 is 16.4. The maximum Gasteiger partial charge on any atom is 0.287 e. The molecule has 1 fully saturated rings. The molecule has 2 aromatic carbocycles. The monoisotopic (exact) mass is 436 g/mol. The minimum Gasteiger partial charge on any atom is -0.497 e. The molecule has 1 aliphatic heterocycles. The van der Waals surface area contributed by atoms with Crippen molar-refractivity contribution in [3.63, 3.8) is 0 Å². The lowest BCUT2D eigenvalue weighted by Crippen LogP contribution is -2.47. The van der Waals surface area contributed by atoms with E-state index in [1.165, 1.54) is 0 Å². The number of carbonyl (C=O) groups is 2. The van der Waals surface area contributed by atoms with Crippen molar-refractivity contribution >= 4 is 22.8 Å². The lowest BCUT2D eigenvalue weighted by atomic mass is 10.0. The number of fused-ring (bicyclic) bond motifs is 1. The number of aryl methyl sites for hydroxylation is 1. The van der Waals surface area contributed by atoms with Gasteiger partial charge in [-0.3, -0.25) is 9.59 Å². The molecule has 1 N–H and O–H groups in total. The fourth-order valence-corrected chi connectivity index (χ4v) is 4.19. The molecule has 3 aromatic rings. The molecule has 1 saturated heterocycles. The summed E-state index contributed by atoms with van der Waals surface area (Å²) in [5.74, 6) is 1.61. The highest BCUT2D eigenvalue weighted by Crippen LogP contribution is 2.29. The van der Waals surface area contributed by atoms with Crippen LogP contribution in [0.4, 0.5) is 0 Å². The standard InChI is InChI=1S/C25H28N2O5/c1-16-20-15-19(30-2)8-9-22(20)32-24(16)25(29)26-18-10-12-27(13-11-18)23(28)14-17-6-4-5-7-21(17)31-3/h4-9,15,18H,10-14H2,1-3H3,(H,26,29). The summed E-state index contributed by atoms with van der Waals surface area (Å²) in [6.45, 7) is 3.09. The molecule has 32 heavy (non-hydrogen) atoms. The highest BCUT2D eigenvalue weighted by Gasteiger charge is 2.26. The van der Waals surface area contributed by atoms with Crippen molar-refractivity contribution in [3.05, 3.63) is 59.4 Å². The maximum atomic E-state index is 12.9. The quantitative estimate of drug-likeness (QED) is 0.637. The highest BCUT2D eigenvalue weighted by atomic mass is 16.5. The van der Waals surface area contributed by atoms with Crippen molar-refractivity contribution in [1.82, 2.24) is 10.2 Å². The molecule has 4 rings (SSSR count). The normalized spacial score (nSPS) is 14.4. The van der Waals surface area contributed by atoms with Crippen molar-refractivity contribution in [2.45, 2.75) is 32.2 Å². The van der Waals surface area contributed by atoms with Crippen LogP contribution in [0.5, 0.6) is 11.5 Å². The van der Waals surface area contributed by atoms with Gasteiger partial charge in [-0.1, -0.05) is 18.2 Å². The number of rotatable bonds is 6. The van der Waals surface area contributed by atoms with E-state index in [9.17, 15) is 9.59 Å². The number of methoxy groups -OCH3 is 2. The van der Waals surface area contributed by atoms with Crippen molar-refractivity contribution < 1.29 is 23.5 Å². The summed E-state index contributed by atoms with van der Waals surface area (Å²) in [6.07, 6.45) is 1.72. The smallest absolute Gasteiger partial charge is 0.287 e. The molecule has 0 unspecified atom stereocenters. The molecule has 1 aromatic heterocycles. The predicted molar refractivity (Wildman–Crippen MR) is 121 cm³/mol. The van der Waals surface area contributed by atoms with Gasteiger partial charge in [0.25, 0.3) is 5.91 Å². The SMILES string of the molecule is COc1ccc2oc(C(=O)NC3CCN(C(=O)Cc4ccccc4OC)CC3)c(C)c2c1. The van der Waals surface area contributed by atoms with E-state index >= 15 is 0 Å². The Morgan fingerprint density at radius 1 is 1.09 bits per heavy atom. The Morgan fingerprint density at radius 2 is 1.84 bits per heavy atom. The lowest BCUT2D eigenvalue weighted by molar-refractivity contribution is -0.131. The summed E-state index contributed by atoms with van der Waals surface area (Å²) in [5, 5.41) is 3.94. The number of likely N-dealkylation sites (tertiary alicyclic amines) is 1. The van der Waals surface area contributed by atoms with Gasteiger partial charge in [-0.15, -0.1) is 0 Å². The van der Waals surface area contributed by atoms with Gasteiger partial charge >= 0.3 is 0 Å². The summed E-state index contributed by atoms with van der Waals surface area (Å²) in [5.41, 5.74) is 2.33. The number of nitrogens with one attached hydrogen (secondary N) is 1. The van der Waals surface area contributed by atoms with Crippen LogP contribution in [-0.4, -0.2) is 50.1 Å². The first-order chi connectivity index (χ1) is 15.5. The second-order valence-corrected chi connectivity index (χ2v) is 8.04. The number of para-hydroxylation sites is 1. The molecule has 1 aliphatic rings. The predicted octanol–water partition coefficient (Wildman–Crippen LogP) is 3.72. The fourth-order valence-electron chi connectivity index (χ4n) is 4.19. The Labute approximate surface area is 187 Å². The molecule has 0 bridgehead atoms. The molecule has 168 valence electrons. The van der Waals surface area contributed by atoms with Gasteiger partial charge in [0, 0.05) is 35.6 Å². The molecule has 0 saturated carbocycles. The third-order valence-electron chi connectivity index (χ3n) is 6.07. The van der Waals surface area contributed by atoms with Crippen LogP contribution in [0.15, 0.2) is 46.9 Å². The maximum absolute atomic E-state index is 12.9. The zero-order valence-electron chi connectivity index (χ0n) is 18.6. The molecular weight excluding hydrogens is 408 g/mol. The van der Waals surface area contributed by atoms with E-state index in [2.05, 4.69) is 5.32 Å². The molecule has 0 radical (unpaired) electrons. The Morgan fingerprint density at radius 3 is 2.56 bits per heavy atom. The molecule has 2 amide bonds. The van der Waals surface area contributed by atoms with Crippen LogP contribution in [0.1, 0.15) is 34.5 Å². The Hall–Kier alpha value is -3.48. The average Bonchev–Trinajstić information content (AvgIpc) is 3.15. The number of ether oxygens (including phenoxy) is 2. The van der Waals surface area contributed by atoms with E-state index in [0.29, 0.717) is 43.7 Å². The fraction of sp³-hybridized carbons (Fsp3) is 0.360. The number of amides is 2. The third-order valence-corrected chi connectivity index (χ3v) is 6.07. The molecule has 0 spiro atoms. The number of furan rings is 1. The molecule has 7 nitrogen and oxygen atoms in total. The number of hydrogen-bond donors (Lipinski definition) is 1. The molecule has 0 atom stereocenters. The highest BCUT2D eigenvalue weighted by molar-refractivity contribution is 5.99. The lowest BCUT2D eigenvalue weighted by Gasteiger charge is -2.32. The van der Waals surface area contributed by atoms with Gasteiger partial charge in [-0.05, 0) is 44.0 Å². The van der Waals surface area contributed by atoms with Gasteiger partial charge in [0.2, 0.25) is 5.91 Å². The number of benzene rings is 2. The van der Waals surface area contributed by atoms with Gasteiger partial charge in [0.15, 0.2) is 5.76 Å². The van der Waals surface area contributed by atoms with Crippen molar-refractivity contribution in [1.29, 1.82) is 0 Å². The first-order valence-corrected chi connectivity index (χ1v) is 10.8. The van der Waals surface area contributed by atoms with E-state index < -0.39 is 0 Å². The van der Waals surface area contributed by atoms with E-state index in [-0.39, 0.29) is 17.9 Å². The van der Waals surface area contributed by atoms with E-state index in [0.717, 1.165) is 28.0 Å². The van der Waals surface area contributed by atoms with Crippen molar-refractivity contribution in [2.24, 2.45) is 0 Å². The topological polar surface area (TPSA) is 81.0 Å². The largest absolute Gasteiger partial charge is 0.497 e. The Kier molecular flexibility index (Phi) is 6.35. The molecular formula is C25H28N2O5. The second kappa shape index (κ2) is 9.34. The molecule has 0 aliphatic carbocycles. The second-order valence-electron chi connectivity index (χ2n) is 8.04. The van der Waals surface area contributed by atoms with E-state index in [1.807, 2.05) is 54.3 Å². The van der Waals surface area contributed by atoms with Gasteiger partial charge < -0.3 is 24.1 Å².